The van der Waals surface area contributed by atoms with Crippen molar-refractivity contribution in [3.05, 3.63) is 23.8 Å². The lowest BCUT2D eigenvalue weighted by Crippen LogP contribution is -2.66. The van der Waals surface area contributed by atoms with Gasteiger partial charge in [-0.05, 0) is 78.5 Å². The maximum Gasteiger partial charge on any atom is 0.306 e. The second-order valence-corrected chi connectivity index (χ2v) is 16.7. The summed E-state index contributed by atoms with van der Waals surface area (Å²) < 4.78 is 43.8. The van der Waals surface area contributed by atoms with Gasteiger partial charge in [-0.3, -0.25) is 9.59 Å². The number of carbonyl (C=O) groups excluding carboxylic acids is 2. The van der Waals surface area contributed by atoms with E-state index in [1.807, 2.05) is 40.7 Å². The number of ether oxygens (including phenoxy) is 7. The molecule has 0 aliphatic carbocycles. The summed E-state index contributed by atoms with van der Waals surface area (Å²) in [6.07, 6.45) is 2.24. The van der Waals surface area contributed by atoms with Crippen LogP contribution in [0.4, 0.5) is 0 Å². The molecule has 0 spiro atoms. The van der Waals surface area contributed by atoms with E-state index in [1.54, 1.807) is 52.1 Å². The highest BCUT2D eigenvalue weighted by Crippen LogP contribution is 2.39. The standard InChI is InChI=1S/C43H75NO12/c1-13-16-30-23-27(6)32(45)19-17-25(4)22-31(24-52-43(21-14-2)41(51-12)40(50-11)37(48)29(8)56-43)33(15-3)54-34(46)20-18-26(5)39(30)55-42-38(49)35(44(9)10)36(47)28(7)53-42/h17,19,22,26-31,33,35-42,47-49H,13-16,18,20-21,23-24H2,1-12H3. The van der Waals surface area contributed by atoms with Crippen molar-refractivity contribution in [3.8, 4) is 0 Å². The molecule has 13 nitrogen and oxygen atoms in total. The molecule has 0 aromatic rings. The fourth-order valence-electron chi connectivity index (χ4n) is 8.90. The second-order valence-electron chi connectivity index (χ2n) is 16.7. The van der Waals surface area contributed by atoms with E-state index in [0.29, 0.717) is 32.1 Å². The van der Waals surface area contributed by atoms with Crippen LogP contribution >= 0.6 is 0 Å². The molecule has 2 saturated heterocycles. The lowest BCUT2D eigenvalue weighted by Gasteiger charge is -2.50. The monoisotopic (exact) mass is 798 g/mol. The number of aliphatic hydroxyl groups is 3. The average molecular weight is 798 g/mol. The van der Waals surface area contributed by atoms with Crippen molar-refractivity contribution in [1.82, 2.24) is 4.90 Å². The Morgan fingerprint density at radius 2 is 1.61 bits per heavy atom. The zero-order chi connectivity index (χ0) is 41.9. The summed E-state index contributed by atoms with van der Waals surface area (Å²) in [6.45, 7) is 15.6. The first-order valence-corrected chi connectivity index (χ1v) is 21.0. The Balaban J connectivity index is 1.98. The van der Waals surface area contributed by atoms with Gasteiger partial charge in [0.15, 0.2) is 17.9 Å². The number of allylic oxidation sites excluding steroid dienone is 3. The SMILES string of the molecule is CCCC1CC(C)C(=O)C=CC(C)=CC(COC2(CCC)OC(C)C(O)C(OC)C2OC)C(CC)OC(=O)CCC(C)C1OC1OC(C)C(O)C(N(C)C)C1O. The van der Waals surface area contributed by atoms with E-state index in [4.69, 9.17) is 33.2 Å². The van der Waals surface area contributed by atoms with Gasteiger partial charge in [0, 0.05) is 38.9 Å². The highest BCUT2D eigenvalue weighted by atomic mass is 16.7. The van der Waals surface area contributed by atoms with Gasteiger partial charge in [-0.2, -0.15) is 0 Å². The van der Waals surface area contributed by atoms with Crippen LogP contribution in [0.3, 0.4) is 0 Å². The van der Waals surface area contributed by atoms with Gasteiger partial charge in [-0.15, -0.1) is 0 Å². The van der Waals surface area contributed by atoms with Gasteiger partial charge in [-0.25, -0.2) is 0 Å². The molecule has 0 radical (unpaired) electrons. The molecule has 0 saturated carbocycles. The van der Waals surface area contributed by atoms with Crippen LogP contribution in [0.2, 0.25) is 0 Å². The molecule has 2 fully saturated rings. The third-order valence-corrected chi connectivity index (χ3v) is 12.1. The van der Waals surface area contributed by atoms with Crippen LogP contribution in [-0.2, 0) is 42.7 Å². The summed E-state index contributed by atoms with van der Waals surface area (Å²) >= 11 is 0. The van der Waals surface area contributed by atoms with E-state index in [1.165, 1.54) is 7.11 Å². The highest BCUT2D eigenvalue weighted by Gasteiger charge is 2.55. The largest absolute Gasteiger partial charge is 0.462 e. The number of hydrogen-bond acceptors (Lipinski definition) is 13. The molecule has 3 N–H and O–H groups in total. The molecular formula is C43H75NO12. The van der Waals surface area contributed by atoms with E-state index in [-0.39, 0.29) is 42.5 Å². The first-order chi connectivity index (χ1) is 26.5. The summed E-state index contributed by atoms with van der Waals surface area (Å²) in [5.74, 6) is -2.58. The number of nitrogens with zero attached hydrogens (tertiary/aromatic N) is 1. The molecule has 3 heterocycles. The summed E-state index contributed by atoms with van der Waals surface area (Å²) in [4.78, 5) is 29.2. The Bertz CT molecular complexity index is 1280. The minimum Gasteiger partial charge on any atom is -0.462 e. The minimum absolute atomic E-state index is 0.0134. The highest BCUT2D eigenvalue weighted by molar-refractivity contribution is 5.91. The Morgan fingerprint density at radius 3 is 2.20 bits per heavy atom. The molecule has 3 aliphatic heterocycles. The van der Waals surface area contributed by atoms with Crippen molar-refractivity contribution < 1.29 is 58.1 Å². The number of cyclic esters (lactones) is 1. The number of likely N-dealkylation sites (N-methyl/N-ethyl adjacent to an activating group) is 1. The lowest BCUT2D eigenvalue weighted by atomic mass is 9.80. The van der Waals surface area contributed by atoms with E-state index < -0.39 is 79.0 Å². The van der Waals surface area contributed by atoms with Crippen molar-refractivity contribution in [1.29, 1.82) is 0 Å². The fraction of sp³-hybridized carbons (Fsp3) is 0.860. The van der Waals surface area contributed by atoms with Crippen molar-refractivity contribution in [2.24, 2.45) is 23.7 Å². The number of methoxy groups -OCH3 is 2. The molecule has 16 atom stereocenters. The number of esters is 1. The van der Waals surface area contributed by atoms with Gasteiger partial charge in [0.2, 0.25) is 0 Å². The minimum atomic E-state index is -1.24. The fourth-order valence-corrected chi connectivity index (χ4v) is 8.90. The molecule has 56 heavy (non-hydrogen) atoms. The Kier molecular flexibility index (Phi) is 19.6. The van der Waals surface area contributed by atoms with E-state index in [9.17, 15) is 24.9 Å². The van der Waals surface area contributed by atoms with Crippen LogP contribution in [0, 0.1) is 23.7 Å². The number of ketones is 1. The smallest absolute Gasteiger partial charge is 0.306 e. The summed E-state index contributed by atoms with van der Waals surface area (Å²) in [5.41, 5.74) is 0.812. The van der Waals surface area contributed by atoms with Crippen LogP contribution in [-0.4, -0.2) is 140 Å². The van der Waals surface area contributed by atoms with Gasteiger partial charge in [0.25, 0.3) is 0 Å². The van der Waals surface area contributed by atoms with Crippen molar-refractivity contribution >= 4 is 11.8 Å². The second kappa shape index (κ2) is 22.6. The zero-order valence-corrected chi connectivity index (χ0v) is 36.2. The Morgan fingerprint density at radius 1 is 0.911 bits per heavy atom. The Hall–Kier alpha value is -1.78. The van der Waals surface area contributed by atoms with E-state index >= 15 is 0 Å². The number of rotatable bonds is 13. The van der Waals surface area contributed by atoms with Gasteiger partial charge in [0.05, 0.1) is 37.1 Å². The maximum absolute atomic E-state index is 13.7. The first kappa shape index (κ1) is 48.6. The van der Waals surface area contributed by atoms with E-state index in [2.05, 4.69) is 6.92 Å². The normalized spacial score (nSPS) is 41.1. The first-order valence-electron chi connectivity index (χ1n) is 21.0. The van der Waals surface area contributed by atoms with Gasteiger partial charge in [-0.1, -0.05) is 65.2 Å². The van der Waals surface area contributed by atoms with Crippen LogP contribution in [0.5, 0.6) is 0 Å². The summed E-state index contributed by atoms with van der Waals surface area (Å²) in [7, 11) is 6.68. The number of carbonyl (C=O) groups is 2. The van der Waals surface area contributed by atoms with Crippen LogP contribution in [0.15, 0.2) is 23.8 Å². The lowest BCUT2D eigenvalue weighted by molar-refractivity contribution is -0.369. The van der Waals surface area contributed by atoms with Gasteiger partial charge >= 0.3 is 5.97 Å². The predicted molar refractivity (Wildman–Crippen MR) is 213 cm³/mol. The molecule has 0 amide bonds. The van der Waals surface area contributed by atoms with Crippen molar-refractivity contribution in [2.45, 2.75) is 180 Å². The van der Waals surface area contributed by atoms with Crippen molar-refractivity contribution in [2.75, 3.05) is 34.9 Å². The van der Waals surface area contributed by atoms with Crippen LogP contribution in [0.25, 0.3) is 0 Å². The molecule has 3 rings (SSSR count). The molecule has 3 aliphatic rings. The topological polar surface area (TPSA) is 163 Å². The zero-order valence-electron chi connectivity index (χ0n) is 36.2. The van der Waals surface area contributed by atoms with Gasteiger partial charge < -0.3 is 53.4 Å². The average Bonchev–Trinajstić information content (AvgIpc) is 3.15. The van der Waals surface area contributed by atoms with Crippen LogP contribution in [0.1, 0.15) is 107 Å². The number of aliphatic hydroxyl groups excluding tert-OH is 3. The summed E-state index contributed by atoms with van der Waals surface area (Å²) in [6, 6.07) is -0.604. The molecule has 13 heteroatoms. The molecule has 0 bridgehead atoms. The predicted octanol–water partition coefficient (Wildman–Crippen LogP) is 4.97. The summed E-state index contributed by atoms with van der Waals surface area (Å²) in [5, 5.41) is 33.2. The molecule has 0 aromatic carbocycles. The molecule has 0 aromatic heterocycles. The van der Waals surface area contributed by atoms with Gasteiger partial charge in [0.1, 0.15) is 30.5 Å². The Labute approximate surface area is 336 Å². The molecule has 324 valence electrons. The molecular weight excluding hydrogens is 722 g/mol. The maximum atomic E-state index is 13.7. The quantitative estimate of drug-likeness (QED) is 0.215. The third kappa shape index (κ3) is 12.1. The molecule has 16 unspecified atom stereocenters. The third-order valence-electron chi connectivity index (χ3n) is 12.1. The van der Waals surface area contributed by atoms with E-state index in [0.717, 1.165) is 18.4 Å². The number of hydrogen-bond donors (Lipinski definition) is 3. The van der Waals surface area contributed by atoms with Crippen molar-refractivity contribution in [3.63, 3.8) is 0 Å². The van der Waals surface area contributed by atoms with Crippen LogP contribution < -0.4 is 0 Å².